The van der Waals surface area contributed by atoms with Crippen LogP contribution in [0.3, 0.4) is 0 Å². The molecule has 7 nitrogen and oxygen atoms in total. The summed E-state index contributed by atoms with van der Waals surface area (Å²) in [6.45, 7) is 3.38. The predicted octanol–water partition coefficient (Wildman–Crippen LogP) is 5.59. The van der Waals surface area contributed by atoms with Crippen molar-refractivity contribution in [1.29, 1.82) is 0 Å². The molecule has 1 aliphatic heterocycles. The molecule has 0 saturated carbocycles. The molecule has 3 aromatic heterocycles. The fourth-order valence-electron chi connectivity index (χ4n) is 4.63. The number of benzene rings is 2. The fourth-order valence-corrected chi connectivity index (χ4v) is 5.33. The van der Waals surface area contributed by atoms with Crippen LogP contribution in [0.2, 0.25) is 0 Å². The molecule has 1 saturated heterocycles. The summed E-state index contributed by atoms with van der Waals surface area (Å²) in [5.41, 5.74) is 2.84. The maximum Gasteiger partial charge on any atom is 0.214 e. The normalized spacial score (nSPS) is 15.0. The van der Waals surface area contributed by atoms with Gasteiger partial charge in [-0.15, -0.1) is 11.3 Å². The first-order valence-corrected chi connectivity index (χ1v) is 13.5. The van der Waals surface area contributed by atoms with Crippen LogP contribution in [0, 0.1) is 18.6 Å². The van der Waals surface area contributed by atoms with Crippen molar-refractivity contribution >= 4 is 22.4 Å². The third-order valence-electron chi connectivity index (χ3n) is 6.75. The second-order valence-electron chi connectivity index (χ2n) is 9.52. The average molecular weight is 549 g/mol. The van der Waals surface area contributed by atoms with E-state index in [4.69, 9.17) is 14.5 Å². The van der Waals surface area contributed by atoms with Gasteiger partial charge in [-0.25, -0.2) is 23.7 Å². The zero-order chi connectivity index (χ0) is 26.9. The zero-order valence-electron chi connectivity index (χ0n) is 21.2. The number of aromatic nitrogens is 4. The lowest BCUT2D eigenvalue weighted by atomic mass is 10.0. The number of aliphatic hydroxyl groups is 1. The van der Waals surface area contributed by atoms with E-state index in [2.05, 4.69) is 9.97 Å². The molecule has 0 amide bonds. The van der Waals surface area contributed by atoms with E-state index in [0.29, 0.717) is 24.9 Å². The molecule has 0 radical (unpaired) electrons. The molecule has 1 fully saturated rings. The molecular formula is C29H26F2N4O3S. The molecule has 0 unspecified atom stereocenters. The number of fused-ring (bicyclic) bond motifs is 1. The molecule has 39 heavy (non-hydrogen) atoms. The summed E-state index contributed by atoms with van der Waals surface area (Å²) in [6, 6.07) is 12.9. The van der Waals surface area contributed by atoms with Crippen LogP contribution in [0.1, 0.15) is 33.3 Å². The maximum atomic E-state index is 15.4. The molecular weight excluding hydrogens is 522 g/mol. The van der Waals surface area contributed by atoms with E-state index < -0.39 is 11.6 Å². The third kappa shape index (κ3) is 5.40. The van der Waals surface area contributed by atoms with E-state index in [1.54, 1.807) is 30.5 Å². The summed E-state index contributed by atoms with van der Waals surface area (Å²) in [6.07, 6.45) is 2.84. The molecule has 0 bridgehead atoms. The first-order valence-electron chi connectivity index (χ1n) is 12.7. The number of thiazole rings is 1. The van der Waals surface area contributed by atoms with Crippen LogP contribution in [0.4, 0.5) is 8.78 Å². The Balaban J connectivity index is 1.27. The van der Waals surface area contributed by atoms with Gasteiger partial charge < -0.3 is 19.1 Å². The lowest BCUT2D eigenvalue weighted by Gasteiger charge is -2.27. The Morgan fingerprint density at radius 3 is 2.74 bits per heavy atom. The van der Waals surface area contributed by atoms with E-state index in [9.17, 15) is 5.11 Å². The van der Waals surface area contributed by atoms with E-state index in [-0.39, 0.29) is 42.6 Å². The number of halogens is 2. The first-order chi connectivity index (χ1) is 19.0. The topological polar surface area (TPSA) is 82.3 Å². The smallest absolute Gasteiger partial charge is 0.214 e. The number of imidazole rings is 1. The maximum absolute atomic E-state index is 15.4. The Morgan fingerprint density at radius 2 is 2.00 bits per heavy atom. The highest BCUT2D eigenvalue weighted by Gasteiger charge is 2.23. The number of hydrogen-bond acceptors (Lipinski definition) is 7. The molecule has 4 heterocycles. The minimum atomic E-state index is -0.584. The van der Waals surface area contributed by atoms with Crippen LogP contribution in [0.15, 0.2) is 54.7 Å². The van der Waals surface area contributed by atoms with Crippen molar-refractivity contribution < 1.29 is 23.4 Å². The molecule has 200 valence electrons. The summed E-state index contributed by atoms with van der Waals surface area (Å²) >= 11 is 1.53. The van der Waals surface area contributed by atoms with E-state index >= 15 is 8.78 Å². The standard InChI is InChI=1S/C29H26F2N4O3S/c1-17-13-32-29(39-17)16-38-28-4-2-3-24(34-28)21-12-22(30)19(10-23(21)31)11-27-33-25-6-5-18(15-36)9-26(25)35(27)14-20-7-8-37-20/h2-6,9-10,12-13,20,36H,7-8,11,14-16H2,1H3/t20-/m0/s1. The van der Waals surface area contributed by atoms with E-state index in [1.807, 2.05) is 23.6 Å². The molecule has 6 rings (SSSR count). The number of rotatable bonds is 9. The van der Waals surface area contributed by atoms with Crippen molar-refractivity contribution in [1.82, 2.24) is 19.5 Å². The van der Waals surface area contributed by atoms with Crippen molar-refractivity contribution in [2.45, 2.75) is 45.6 Å². The summed E-state index contributed by atoms with van der Waals surface area (Å²) in [4.78, 5) is 14.4. The largest absolute Gasteiger partial charge is 0.470 e. The van der Waals surface area contributed by atoms with Crippen LogP contribution >= 0.6 is 11.3 Å². The van der Waals surface area contributed by atoms with E-state index in [1.165, 1.54) is 23.5 Å². The average Bonchev–Trinajstić information content (AvgIpc) is 3.48. The fraction of sp³-hybridized carbons (Fsp3) is 0.276. The third-order valence-corrected chi connectivity index (χ3v) is 7.64. The number of hydrogen-bond donors (Lipinski definition) is 1. The van der Waals surface area contributed by atoms with Gasteiger partial charge >= 0.3 is 0 Å². The van der Waals surface area contributed by atoms with Crippen LogP contribution in [0.25, 0.3) is 22.3 Å². The highest BCUT2D eigenvalue weighted by atomic mass is 32.1. The molecule has 1 atom stereocenters. The van der Waals surface area contributed by atoms with Crippen molar-refractivity contribution in [2.24, 2.45) is 0 Å². The zero-order valence-corrected chi connectivity index (χ0v) is 22.0. The Hall–Kier alpha value is -3.73. The molecule has 5 aromatic rings. The van der Waals surface area contributed by atoms with Crippen LogP contribution in [0.5, 0.6) is 5.88 Å². The van der Waals surface area contributed by atoms with Crippen molar-refractivity contribution in [3.63, 3.8) is 0 Å². The first kappa shape index (κ1) is 25.5. The summed E-state index contributed by atoms with van der Waals surface area (Å²) in [5.74, 6) is -0.225. The summed E-state index contributed by atoms with van der Waals surface area (Å²) in [5, 5.41) is 10.4. The van der Waals surface area contributed by atoms with Gasteiger partial charge in [0.1, 0.15) is 29.1 Å². The summed E-state index contributed by atoms with van der Waals surface area (Å²) in [7, 11) is 0. The van der Waals surface area contributed by atoms with Crippen molar-refractivity contribution in [3.05, 3.63) is 93.2 Å². The Bertz CT molecular complexity index is 1650. The molecule has 10 heteroatoms. The van der Waals surface area contributed by atoms with E-state index in [0.717, 1.165) is 32.9 Å². The number of ether oxygens (including phenoxy) is 2. The predicted molar refractivity (Wildman–Crippen MR) is 144 cm³/mol. The van der Waals surface area contributed by atoms with Crippen molar-refractivity contribution in [3.8, 4) is 17.1 Å². The van der Waals surface area contributed by atoms with Gasteiger partial charge in [0.05, 0.1) is 36.0 Å². The number of aryl methyl sites for hydroxylation is 1. The van der Waals surface area contributed by atoms with Gasteiger partial charge in [0.15, 0.2) is 0 Å². The van der Waals surface area contributed by atoms with Crippen LogP contribution in [-0.4, -0.2) is 37.3 Å². The highest BCUT2D eigenvalue weighted by Crippen LogP contribution is 2.29. The minimum Gasteiger partial charge on any atom is -0.470 e. The van der Waals surface area contributed by atoms with Gasteiger partial charge in [0.25, 0.3) is 0 Å². The SMILES string of the molecule is Cc1cnc(COc2cccc(-c3cc(F)c(Cc4nc5ccc(CO)cc5n4C[C@@H]4CCO4)cc3F)n2)s1. The van der Waals surface area contributed by atoms with Gasteiger partial charge in [-0.1, -0.05) is 12.1 Å². The highest BCUT2D eigenvalue weighted by molar-refractivity contribution is 7.11. The van der Waals surface area contributed by atoms with Crippen LogP contribution < -0.4 is 4.74 Å². The quantitative estimate of drug-likeness (QED) is 0.259. The number of nitrogens with zero attached hydrogens (tertiary/aromatic N) is 4. The molecule has 2 aromatic carbocycles. The number of pyridine rings is 1. The number of aliphatic hydroxyl groups excluding tert-OH is 1. The van der Waals surface area contributed by atoms with Crippen molar-refractivity contribution in [2.75, 3.05) is 6.61 Å². The van der Waals surface area contributed by atoms with Gasteiger partial charge in [0.2, 0.25) is 5.88 Å². The minimum absolute atomic E-state index is 0.0445. The second kappa shape index (κ2) is 10.8. The van der Waals surface area contributed by atoms with Gasteiger partial charge in [-0.2, -0.15) is 0 Å². The van der Waals surface area contributed by atoms with Crippen LogP contribution in [-0.2, 0) is 30.9 Å². The summed E-state index contributed by atoms with van der Waals surface area (Å²) < 4.78 is 44.1. The second-order valence-corrected chi connectivity index (χ2v) is 10.8. The van der Waals surface area contributed by atoms with Gasteiger partial charge in [0, 0.05) is 35.7 Å². The molecule has 1 aliphatic rings. The lowest BCUT2D eigenvalue weighted by molar-refractivity contribution is -0.0589. The molecule has 0 aliphatic carbocycles. The van der Waals surface area contributed by atoms with Gasteiger partial charge in [-0.05, 0) is 54.8 Å². The lowest BCUT2D eigenvalue weighted by Crippen LogP contribution is -2.31. The monoisotopic (exact) mass is 548 g/mol. The Morgan fingerprint density at radius 1 is 1.13 bits per heavy atom. The Kier molecular flexibility index (Phi) is 7.07. The Labute approximate surface area is 227 Å². The molecule has 1 N–H and O–H groups in total. The van der Waals surface area contributed by atoms with Gasteiger partial charge in [-0.3, -0.25) is 0 Å². The molecule has 0 spiro atoms.